The number of nitrogens with two attached hydrogens (primary N) is 1. The molecular weight excluding hydrogens is 260 g/mol. The number of carbonyl (C=O) groups excluding carboxylic acids is 1. The fraction of sp³-hybridized carbons (Fsp3) is 0.231. The van der Waals surface area contributed by atoms with Gasteiger partial charge in [-0.2, -0.15) is 0 Å². The molecule has 7 heteroatoms. The number of carbonyl (C=O) groups is 1. The molecule has 20 heavy (non-hydrogen) atoms. The predicted molar refractivity (Wildman–Crippen MR) is 75.6 cm³/mol. The highest BCUT2D eigenvalue weighted by Crippen LogP contribution is 2.32. The van der Waals surface area contributed by atoms with Crippen LogP contribution < -0.4 is 26.1 Å². The second-order valence-corrected chi connectivity index (χ2v) is 4.09. The first kappa shape index (κ1) is 13.7. The molecule has 0 spiro atoms. The van der Waals surface area contributed by atoms with Gasteiger partial charge in [-0.05, 0) is 29.3 Å². The molecule has 0 fully saturated rings. The summed E-state index contributed by atoms with van der Waals surface area (Å²) >= 11 is 0. The van der Waals surface area contributed by atoms with Gasteiger partial charge in [0.25, 0.3) is 0 Å². The predicted octanol–water partition coefficient (Wildman–Crippen LogP) is 0.802. The molecular formula is C13H16N4O3. The number of hydrogen-bond donors (Lipinski definition) is 3. The Bertz CT molecular complexity index is 581. The van der Waals surface area contributed by atoms with Crippen LogP contribution in [0.5, 0.6) is 11.5 Å². The third-order valence-corrected chi connectivity index (χ3v) is 2.82. The monoisotopic (exact) mass is 276 g/mol. The van der Waals surface area contributed by atoms with Gasteiger partial charge >= 0.3 is 6.03 Å². The molecule has 1 aromatic rings. The zero-order chi connectivity index (χ0) is 14.5. The third-order valence-electron chi connectivity index (χ3n) is 2.82. The van der Waals surface area contributed by atoms with Gasteiger partial charge in [-0.25, -0.2) is 9.79 Å². The highest BCUT2D eigenvalue weighted by atomic mass is 16.5. The number of rotatable bonds is 2. The lowest BCUT2D eigenvalue weighted by atomic mass is 10.0. The quantitative estimate of drug-likeness (QED) is 0.696. The summed E-state index contributed by atoms with van der Waals surface area (Å²) in [4.78, 5) is 14.9. The van der Waals surface area contributed by atoms with E-state index in [-0.39, 0.29) is 0 Å². The van der Waals surface area contributed by atoms with E-state index in [1.165, 1.54) is 0 Å². The fourth-order valence-corrected chi connectivity index (χ4v) is 1.89. The first-order valence-electron chi connectivity index (χ1n) is 5.93. The van der Waals surface area contributed by atoms with Crippen LogP contribution in [0, 0.1) is 0 Å². The Morgan fingerprint density at radius 3 is 2.65 bits per heavy atom. The summed E-state index contributed by atoms with van der Waals surface area (Å²) in [5, 5.41) is 0. The molecule has 2 rings (SSSR count). The lowest BCUT2D eigenvalue weighted by molar-refractivity contribution is 0.247. The number of amides is 2. The molecule has 106 valence electrons. The lowest BCUT2D eigenvalue weighted by Gasteiger charge is -2.13. The lowest BCUT2D eigenvalue weighted by Crippen LogP contribution is -2.45. The maximum absolute atomic E-state index is 10.7. The van der Waals surface area contributed by atoms with E-state index in [9.17, 15) is 4.79 Å². The van der Waals surface area contributed by atoms with Crippen molar-refractivity contribution in [2.45, 2.75) is 6.42 Å². The van der Waals surface area contributed by atoms with Gasteiger partial charge in [0.2, 0.25) is 0 Å². The molecule has 0 atom stereocenters. The van der Waals surface area contributed by atoms with Crippen molar-refractivity contribution in [3.05, 3.63) is 29.5 Å². The van der Waals surface area contributed by atoms with E-state index in [0.717, 1.165) is 11.1 Å². The normalized spacial score (nSPS) is 12.8. The molecule has 0 bridgehead atoms. The maximum atomic E-state index is 10.7. The van der Waals surface area contributed by atoms with Crippen LogP contribution in [0.3, 0.4) is 0 Å². The molecule has 1 aliphatic heterocycles. The van der Waals surface area contributed by atoms with Crippen LogP contribution in [-0.4, -0.2) is 26.1 Å². The number of hydrogen-bond acceptors (Lipinski definition) is 5. The van der Waals surface area contributed by atoms with E-state index in [1.807, 2.05) is 18.2 Å². The number of methoxy groups -OCH3 is 2. The van der Waals surface area contributed by atoms with Crippen LogP contribution in [0.1, 0.15) is 11.1 Å². The van der Waals surface area contributed by atoms with E-state index < -0.39 is 6.03 Å². The Morgan fingerprint density at radius 1 is 1.30 bits per heavy atom. The fourth-order valence-electron chi connectivity index (χ4n) is 1.89. The van der Waals surface area contributed by atoms with Crippen LogP contribution in [0.25, 0.3) is 6.08 Å². The number of aliphatic imine (C=N–C) groups is 1. The highest BCUT2D eigenvalue weighted by molar-refractivity contribution is 5.89. The summed E-state index contributed by atoms with van der Waals surface area (Å²) in [6, 6.07) is 3.09. The Labute approximate surface area is 116 Å². The highest BCUT2D eigenvalue weighted by Gasteiger charge is 2.13. The Kier molecular flexibility index (Phi) is 4.09. The minimum atomic E-state index is -0.673. The van der Waals surface area contributed by atoms with Gasteiger partial charge < -0.3 is 15.2 Å². The van der Waals surface area contributed by atoms with Crippen LogP contribution in [-0.2, 0) is 6.42 Å². The number of benzene rings is 1. The van der Waals surface area contributed by atoms with Crippen LogP contribution in [0.4, 0.5) is 4.79 Å². The van der Waals surface area contributed by atoms with E-state index in [2.05, 4.69) is 15.8 Å². The summed E-state index contributed by atoms with van der Waals surface area (Å²) in [7, 11) is 3.17. The van der Waals surface area contributed by atoms with E-state index in [0.29, 0.717) is 23.8 Å². The number of hydrazine groups is 1. The molecule has 1 aromatic carbocycles. The van der Waals surface area contributed by atoms with Crippen molar-refractivity contribution in [3.8, 4) is 11.5 Å². The average Bonchev–Trinajstić information content (AvgIpc) is 2.64. The van der Waals surface area contributed by atoms with E-state index >= 15 is 0 Å². The summed E-state index contributed by atoms with van der Waals surface area (Å²) < 4.78 is 10.5. The van der Waals surface area contributed by atoms with Crippen molar-refractivity contribution in [2.75, 3.05) is 14.2 Å². The van der Waals surface area contributed by atoms with Gasteiger partial charge in [-0.1, -0.05) is 0 Å². The number of ether oxygens (including phenoxy) is 2. The molecule has 1 aliphatic rings. The number of urea groups is 1. The number of nitrogens with one attached hydrogen (secondary N) is 2. The minimum Gasteiger partial charge on any atom is -0.493 e. The minimum absolute atomic E-state index is 0.503. The molecule has 0 unspecified atom stereocenters. The zero-order valence-corrected chi connectivity index (χ0v) is 11.3. The molecule has 0 saturated carbocycles. The topological polar surface area (TPSA) is 98.0 Å². The zero-order valence-electron chi connectivity index (χ0n) is 11.3. The molecule has 4 N–H and O–H groups in total. The van der Waals surface area contributed by atoms with Crippen molar-refractivity contribution in [3.63, 3.8) is 0 Å². The molecule has 1 heterocycles. The third kappa shape index (κ3) is 3.00. The smallest absolute Gasteiger partial charge is 0.330 e. The molecule has 2 amide bonds. The maximum Gasteiger partial charge on any atom is 0.330 e. The second-order valence-electron chi connectivity index (χ2n) is 4.09. The largest absolute Gasteiger partial charge is 0.493 e. The average molecular weight is 276 g/mol. The van der Waals surface area contributed by atoms with Gasteiger partial charge in [0.15, 0.2) is 11.5 Å². The van der Waals surface area contributed by atoms with E-state index in [4.69, 9.17) is 15.2 Å². The molecule has 0 aliphatic carbocycles. The van der Waals surface area contributed by atoms with Gasteiger partial charge in [0, 0.05) is 12.6 Å². The molecule has 0 aromatic heterocycles. The van der Waals surface area contributed by atoms with Crippen molar-refractivity contribution in [1.82, 2.24) is 10.9 Å². The van der Waals surface area contributed by atoms with Gasteiger partial charge in [0.05, 0.1) is 14.2 Å². The van der Waals surface area contributed by atoms with Crippen molar-refractivity contribution < 1.29 is 14.3 Å². The van der Waals surface area contributed by atoms with Crippen molar-refractivity contribution >= 4 is 17.9 Å². The Hall–Kier alpha value is -2.70. The summed E-state index contributed by atoms with van der Waals surface area (Å²) in [5.41, 5.74) is 11.9. The van der Waals surface area contributed by atoms with Crippen LogP contribution >= 0.6 is 0 Å². The number of amidine groups is 1. The summed E-state index contributed by atoms with van der Waals surface area (Å²) in [5.74, 6) is 1.87. The molecule has 7 nitrogen and oxygen atoms in total. The molecule has 0 saturated heterocycles. The second kappa shape index (κ2) is 5.96. The molecule has 0 radical (unpaired) electrons. The summed E-state index contributed by atoms with van der Waals surface area (Å²) in [6.07, 6.45) is 4.00. The Morgan fingerprint density at radius 2 is 2.00 bits per heavy atom. The van der Waals surface area contributed by atoms with Crippen LogP contribution in [0.15, 0.2) is 23.3 Å². The first-order chi connectivity index (χ1) is 9.63. The van der Waals surface area contributed by atoms with Crippen molar-refractivity contribution in [1.29, 1.82) is 0 Å². The Balaban J connectivity index is 2.27. The number of nitrogens with zero attached hydrogens (tertiary/aromatic N) is 1. The van der Waals surface area contributed by atoms with Gasteiger partial charge in [0.1, 0.15) is 5.84 Å². The number of fused-ring (bicyclic) bond motifs is 1. The van der Waals surface area contributed by atoms with Crippen LogP contribution in [0.2, 0.25) is 0 Å². The SMILES string of the molecule is COc1cc2c(cc1OC)CC(NNC(N)=O)=NC=C2. The number of primary amides is 1. The van der Waals surface area contributed by atoms with Crippen molar-refractivity contribution in [2.24, 2.45) is 10.7 Å². The summed E-state index contributed by atoms with van der Waals surface area (Å²) in [6.45, 7) is 0. The van der Waals surface area contributed by atoms with Gasteiger partial charge in [-0.15, -0.1) is 0 Å². The standard InChI is InChI=1S/C13H16N4O3/c1-19-10-5-8-3-4-15-12(16-17-13(14)18)7-9(8)6-11(10)20-2/h3-6H,7H2,1-2H3,(H,15,16)(H3,14,17,18). The van der Waals surface area contributed by atoms with E-state index in [1.54, 1.807) is 20.4 Å². The van der Waals surface area contributed by atoms with Gasteiger partial charge in [-0.3, -0.25) is 10.9 Å². The first-order valence-corrected chi connectivity index (χ1v) is 5.93.